The third-order valence-electron chi connectivity index (χ3n) is 6.59. The third-order valence-corrected chi connectivity index (χ3v) is 6.59. The van der Waals surface area contributed by atoms with Gasteiger partial charge in [-0.15, -0.1) is 0 Å². The second-order valence-corrected chi connectivity index (χ2v) is 8.62. The zero-order valence-electron chi connectivity index (χ0n) is 19.4. The first-order valence-electron chi connectivity index (χ1n) is 11.4. The number of anilines is 2. The largest absolute Gasteiger partial charge is 0.465 e. The van der Waals surface area contributed by atoms with Gasteiger partial charge >= 0.3 is 11.7 Å². The van der Waals surface area contributed by atoms with E-state index in [0.717, 1.165) is 23.9 Å². The predicted octanol–water partition coefficient (Wildman–Crippen LogP) is 3.91. The maximum atomic E-state index is 12.5. The first-order valence-corrected chi connectivity index (χ1v) is 11.4. The van der Waals surface area contributed by atoms with Gasteiger partial charge in [0.15, 0.2) is 0 Å². The molecule has 0 radical (unpaired) electrons. The van der Waals surface area contributed by atoms with Crippen LogP contribution in [0.4, 0.5) is 17.1 Å². The molecule has 0 atom stereocenters. The van der Waals surface area contributed by atoms with Crippen molar-refractivity contribution in [2.75, 3.05) is 37.9 Å². The molecular formula is C24H29N5O5. The van der Waals surface area contributed by atoms with Crippen LogP contribution in [0.15, 0.2) is 30.6 Å². The summed E-state index contributed by atoms with van der Waals surface area (Å²) in [5, 5.41) is 21.5. The van der Waals surface area contributed by atoms with Crippen LogP contribution < -0.4 is 10.6 Å². The highest BCUT2D eigenvalue weighted by Crippen LogP contribution is 2.43. The molecule has 180 valence electrons. The van der Waals surface area contributed by atoms with Crippen LogP contribution in [0, 0.1) is 10.1 Å². The Morgan fingerprint density at radius 1 is 1.32 bits per heavy atom. The first kappa shape index (κ1) is 23.5. The van der Waals surface area contributed by atoms with Crippen molar-refractivity contribution in [2.24, 2.45) is 0 Å². The van der Waals surface area contributed by atoms with Gasteiger partial charge in [0.25, 0.3) is 0 Å². The van der Waals surface area contributed by atoms with Gasteiger partial charge in [-0.3, -0.25) is 10.1 Å². The zero-order valence-corrected chi connectivity index (χ0v) is 19.4. The molecule has 1 aliphatic carbocycles. The summed E-state index contributed by atoms with van der Waals surface area (Å²) < 4.78 is 7.04. The van der Waals surface area contributed by atoms with Crippen molar-refractivity contribution >= 4 is 34.1 Å². The van der Waals surface area contributed by atoms with Crippen LogP contribution in [-0.2, 0) is 4.74 Å². The van der Waals surface area contributed by atoms with Gasteiger partial charge in [0.2, 0.25) is 0 Å². The number of nitrogen functional groups attached to an aromatic ring is 1. The minimum Gasteiger partial charge on any atom is -0.465 e. The van der Waals surface area contributed by atoms with Crippen molar-refractivity contribution in [1.29, 1.82) is 0 Å². The Morgan fingerprint density at radius 2 is 2.06 bits per heavy atom. The number of hydrogen-bond acceptors (Lipinski definition) is 8. The minimum atomic E-state index is -0.784. The van der Waals surface area contributed by atoms with E-state index in [-0.39, 0.29) is 35.7 Å². The van der Waals surface area contributed by atoms with Gasteiger partial charge < -0.3 is 25.0 Å². The molecule has 4 rings (SSSR count). The number of fused-ring (bicyclic) bond motifs is 1. The molecule has 0 aliphatic heterocycles. The lowest BCUT2D eigenvalue weighted by Gasteiger charge is -2.24. The zero-order chi connectivity index (χ0) is 24.4. The van der Waals surface area contributed by atoms with Crippen molar-refractivity contribution in [3.8, 4) is 11.1 Å². The van der Waals surface area contributed by atoms with Gasteiger partial charge in [0.1, 0.15) is 11.3 Å². The Labute approximate surface area is 197 Å². The highest BCUT2D eigenvalue weighted by atomic mass is 16.6. The summed E-state index contributed by atoms with van der Waals surface area (Å²) in [6.45, 7) is 0.0272. The lowest BCUT2D eigenvalue weighted by Crippen LogP contribution is -2.25. The molecule has 3 aromatic rings. The van der Waals surface area contributed by atoms with Crippen molar-refractivity contribution in [2.45, 2.75) is 38.1 Å². The number of hydrogen-bond donors (Lipinski definition) is 2. The number of imidazole rings is 1. The van der Waals surface area contributed by atoms with E-state index >= 15 is 0 Å². The first-order chi connectivity index (χ1) is 16.4. The lowest BCUT2D eigenvalue weighted by molar-refractivity contribution is -0.383. The van der Waals surface area contributed by atoms with E-state index in [1.165, 1.54) is 26.4 Å². The number of nitro benzene ring substituents is 1. The molecule has 1 fully saturated rings. The topological polar surface area (TPSA) is 137 Å². The quantitative estimate of drug-likeness (QED) is 0.231. The van der Waals surface area contributed by atoms with Crippen LogP contribution in [0.5, 0.6) is 0 Å². The lowest BCUT2D eigenvalue weighted by atomic mass is 9.95. The fourth-order valence-corrected chi connectivity index (χ4v) is 4.83. The van der Waals surface area contributed by atoms with Crippen molar-refractivity contribution in [3.63, 3.8) is 0 Å². The molecule has 10 nitrogen and oxygen atoms in total. The van der Waals surface area contributed by atoms with E-state index in [0.29, 0.717) is 17.3 Å². The maximum absolute atomic E-state index is 12.5. The predicted molar refractivity (Wildman–Crippen MR) is 130 cm³/mol. The SMILES string of the molecule is COC(=O)c1c(N(C)CCO)cc(-c2ccc3c(c2)ncn3C2CCCCC2)c([N+](=O)[O-])c1N. The van der Waals surface area contributed by atoms with E-state index in [2.05, 4.69) is 9.55 Å². The highest BCUT2D eigenvalue weighted by molar-refractivity contribution is 6.06. The van der Waals surface area contributed by atoms with Crippen LogP contribution in [0.25, 0.3) is 22.2 Å². The number of nitrogens with two attached hydrogens (primary N) is 1. The Kier molecular flexibility index (Phi) is 6.69. The molecule has 0 saturated heterocycles. The number of ether oxygens (including phenoxy) is 1. The molecule has 2 aromatic carbocycles. The van der Waals surface area contributed by atoms with Gasteiger partial charge in [0, 0.05) is 19.6 Å². The van der Waals surface area contributed by atoms with Gasteiger partial charge in [-0.2, -0.15) is 0 Å². The summed E-state index contributed by atoms with van der Waals surface area (Å²) >= 11 is 0. The van der Waals surface area contributed by atoms with Gasteiger partial charge in [0.05, 0.1) is 47.3 Å². The number of nitrogens with zero attached hydrogens (tertiary/aromatic N) is 4. The molecular weight excluding hydrogens is 438 g/mol. The molecule has 1 heterocycles. The molecule has 0 spiro atoms. The van der Waals surface area contributed by atoms with Crippen LogP contribution >= 0.6 is 0 Å². The van der Waals surface area contributed by atoms with E-state index in [9.17, 15) is 20.0 Å². The summed E-state index contributed by atoms with van der Waals surface area (Å²) in [6, 6.07) is 7.52. The second-order valence-electron chi connectivity index (χ2n) is 8.62. The number of aliphatic hydroxyl groups excluding tert-OH is 1. The van der Waals surface area contributed by atoms with Crippen molar-refractivity contribution in [3.05, 3.63) is 46.3 Å². The van der Waals surface area contributed by atoms with Gasteiger partial charge in [-0.05, 0) is 36.6 Å². The number of carbonyl (C=O) groups is 1. The molecule has 0 unspecified atom stereocenters. The number of methoxy groups -OCH3 is 1. The molecule has 0 amide bonds. The summed E-state index contributed by atoms with van der Waals surface area (Å²) in [4.78, 5) is 30.1. The molecule has 3 N–H and O–H groups in total. The molecule has 1 aliphatic rings. The van der Waals surface area contributed by atoms with Gasteiger partial charge in [-0.1, -0.05) is 25.3 Å². The summed E-state index contributed by atoms with van der Waals surface area (Å²) in [5.74, 6) is -0.784. The fourth-order valence-electron chi connectivity index (χ4n) is 4.83. The van der Waals surface area contributed by atoms with Crippen molar-refractivity contribution < 1.29 is 19.6 Å². The number of esters is 1. The van der Waals surface area contributed by atoms with Crippen molar-refractivity contribution in [1.82, 2.24) is 9.55 Å². The fraction of sp³-hybridized carbons (Fsp3) is 0.417. The van der Waals surface area contributed by atoms with E-state index in [4.69, 9.17) is 10.5 Å². The molecule has 1 aromatic heterocycles. The number of nitro groups is 1. The number of benzene rings is 2. The normalized spacial score (nSPS) is 14.3. The number of aliphatic hydroxyl groups is 1. The summed E-state index contributed by atoms with van der Waals surface area (Å²) in [6.07, 6.45) is 7.73. The van der Waals surface area contributed by atoms with Crippen LogP contribution in [0.3, 0.4) is 0 Å². The number of rotatable bonds is 7. The standard InChI is InChI=1S/C24H29N5O5/c1-27(10-11-30)20-13-17(23(29(32)33)22(25)21(20)24(31)34-2)15-8-9-19-18(12-15)26-14-28(19)16-6-4-3-5-7-16/h8-9,12-14,16,30H,3-7,10-11,25H2,1-2H3. The molecule has 0 bridgehead atoms. The van der Waals surface area contributed by atoms with Crippen LogP contribution in [0.1, 0.15) is 48.5 Å². The Balaban J connectivity index is 1.88. The molecule has 10 heteroatoms. The second kappa shape index (κ2) is 9.68. The number of aromatic nitrogens is 2. The van der Waals surface area contributed by atoms with Crippen LogP contribution in [-0.4, -0.2) is 52.9 Å². The summed E-state index contributed by atoms with van der Waals surface area (Å²) in [7, 11) is 2.86. The third kappa shape index (κ3) is 4.16. The minimum absolute atomic E-state index is 0.100. The summed E-state index contributed by atoms with van der Waals surface area (Å²) in [5.41, 5.74) is 8.34. The Hall–Kier alpha value is -3.66. The van der Waals surface area contributed by atoms with E-state index in [1.54, 1.807) is 18.0 Å². The molecule has 1 saturated carbocycles. The average Bonchev–Trinajstić information content (AvgIpc) is 3.26. The highest BCUT2D eigenvalue weighted by Gasteiger charge is 2.31. The monoisotopic (exact) mass is 467 g/mol. The Bertz CT molecular complexity index is 1230. The smallest absolute Gasteiger partial charge is 0.342 e. The van der Waals surface area contributed by atoms with E-state index < -0.39 is 10.9 Å². The van der Waals surface area contributed by atoms with Gasteiger partial charge in [-0.25, -0.2) is 9.78 Å². The maximum Gasteiger partial charge on any atom is 0.342 e. The molecule has 34 heavy (non-hydrogen) atoms. The number of likely N-dealkylation sites (N-methyl/N-ethyl adjacent to an activating group) is 1. The Morgan fingerprint density at radius 3 is 2.71 bits per heavy atom. The average molecular weight is 468 g/mol. The van der Waals surface area contributed by atoms with Crippen LogP contribution in [0.2, 0.25) is 0 Å². The van der Waals surface area contributed by atoms with E-state index in [1.807, 2.05) is 24.5 Å². The number of carbonyl (C=O) groups excluding carboxylic acids is 1.